The van der Waals surface area contributed by atoms with Gasteiger partial charge in [0.05, 0.1) is 12.7 Å². The zero-order valence-electron chi connectivity index (χ0n) is 7.39. The molecule has 2 aromatic rings. The van der Waals surface area contributed by atoms with E-state index in [1.165, 1.54) is 23.1 Å². The van der Waals surface area contributed by atoms with Gasteiger partial charge in [-0.3, -0.25) is 0 Å². The molecule has 0 radical (unpaired) electrons. The number of nitrogens with zero attached hydrogens (tertiary/aromatic N) is 3. The molecule has 0 saturated carbocycles. The Labute approximate surface area is 80.2 Å². The highest BCUT2D eigenvalue weighted by molar-refractivity contribution is 5.20. The van der Waals surface area contributed by atoms with Crippen molar-refractivity contribution in [1.82, 2.24) is 15.0 Å². The molecule has 0 atom stereocenters. The lowest BCUT2D eigenvalue weighted by atomic mass is 10.2. The van der Waals surface area contributed by atoms with Gasteiger partial charge in [-0.05, 0) is 17.7 Å². The first kappa shape index (κ1) is 8.68. The molecule has 0 saturated heterocycles. The van der Waals surface area contributed by atoms with E-state index < -0.39 is 0 Å². The van der Waals surface area contributed by atoms with Crippen LogP contribution in [-0.2, 0) is 6.54 Å². The number of anilines is 1. The predicted octanol–water partition coefficient (Wildman–Crippen LogP) is 1.05. The van der Waals surface area contributed by atoms with Gasteiger partial charge in [-0.15, -0.1) is 5.10 Å². The molecule has 0 amide bonds. The quantitative estimate of drug-likeness (QED) is 0.773. The summed E-state index contributed by atoms with van der Waals surface area (Å²) in [5.41, 5.74) is 6.33. The summed E-state index contributed by atoms with van der Waals surface area (Å²) >= 11 is 0. The van der Waals surface area contributed by atoms with Crippen LogP contribution in [-0.4, -0.2) is 15.0 Å². The molecule has 0 bridgehead atoms. The first-order valence-electron chi connectivity index (χ1n) is 4.14. The van der Waals surface area contributed by atoms with Crippen LogP contribution in [0.3, 0.4) is 0 Å². The molecule has 1 aromatic carbocycles. The van der Waals surface area contributed by atoms with Crippen LogP contribution in [0.1, 0.15) is 5.56 Å². The maximum Gasteiger partial charge on any atom is 0.165 e. The lowest BCUT2D eigenvalue weighted by molar-refractivity contribution is 0.589. The number of hydrogen-bond donors (Lipinski definition) is 1. The van der Waals surface area contributed by atoms with E-state index >= 15 is 0 Å². The molecule has 0 fully saturated rings. The summed E-state index contributed by atoms with van der Waals surface area (Å²) in [5, 5.41) is 7.84. The highest BCUT2D eigenvalue weighted by Gasteiger charge is 1.98. The Morgan fingerprint density at radius 1 is 1.29 bits per heavy atom. The van der Waals surface area contributed by atoms with Gasteiger partial charge in [0.25, 0.3) is 0 Å². The number of rotatable bonds is 2. The molecule has 1 aromatic heterocycles. The van der Waals surface area contributed by atoms with Crippen LogP contribution in [0.5, 0.6) is 0 Å². The molecular formula is C9H9FN4. The average molecular weight is 192 g/mol. The third kappa shape index (κ3) is 1.87. The normalized spacial score (nSPS) is 10.4. The molecule has 0 unspecified atom stereocenters. The highest BCUT2D eigenvalue weighted by Crippen LogP contribution is 2.04. The first-order chi connectivity index (χ1) is 6.74. The van der Waals surface area contributed by atoms with Crippen molar-refractivity contribution in [2.24, 2.45) is 0 Å². The maximum absolute atomic E-state index is 12.6. The molecule has 0 spiro atoms. The van der Waals surface area contributed by atoms with Crippen LogP contribution in [0.4, 0.5) is 10.2 Å². The molecule has 0 aliphatic rings. The standard InChI is InChI=1S/C9H9FN4/c10-8-3-1-7(2-4-8)6-14-12-5-9(11)13-14/h1-5H,6H2,(H2,11,13). The lowest BCUT2D eigenvalue weighted by Crippen LogP contribution is -2.04. The minimum absolute atomic E-state index is 0.248. The molecule has 4 nitrogen and oxygen atoms in total. The van der Waals surface area contributed by atoms with E-state index in [0.29, 0.717) is 12.4 Å². The molecule has 2 N–H and O–H groups in total. The zero-order chi connectivity index (χ0) is 9.97. The number of halogens is 1. The fourth-order valence-corrected chi connectivity index (χ4v) is 1.14. The molecule has 0 aliphatic carbocycles. The summed E-state index contributed by atoms with van der Waals surface area (Å²) in [5.74, 6) is 0.133. The van der Waals surface area contributed by atoms with Gasteiger partial charge < -0.3 is 5.73 Å². The Kier molecular flexibility index (Phi) is 2.14. The summed E-state index contributed by atoms with van der Waals surface area (Å²) in [6.45, 7) is 0.497. The Hall–Kier alpha value is -1.91. The highest BCUT2D eigenvalue weighted by atomic mass is 19.1. The Morgan fingerprint density at radius 3 is 2.57 bits per heavy atom. The fourth-order valence-electron chi connectivity index (χ4n) is 1.14. The summed E-state index contributed by atoms with van der Waals surface area (Å²) in [6, 6.07) is 6.19. The fraction of sp³-hybridized carbons (Fsp3) is 0.111. The second kappa shape index (κ2) is 3.45. The van der Waals surface area contributed by atoms with Gasteiger partial charge in [-0.25, -0.2) is 4.39 Å². The topological polar surface area (TPSA) is 56.7 Å². The zero-order valence-corrected chi connectivity index (χ0v) is 7.39. The van der Waals surface area contributed by atoms with Gasteiger partial charge in [0.2, 0.25) is 0 Å². The Balaban J connectivity index is 2.15. The summed E-state index contributed by atoms with van der Waals surface area (Å²) in [7, 11) is 0. The smallest absolute Gasteiger partial charge is 0.165 e. The van der Waals surface area contributed by atoms with Gasteiger partial charge >= 0.3 is 0 Å². The van der Waals surface area contributed by atoms with E-state index in [0.717, 1.165) is 5.56 Å². The van der Waals surface area contributed by atoms with Crippen LogP contribution >= 0.6 is 0 Å². The largest absolute Gasteiger partial charge is 0.381 e. The van der Waals surface area contributed by atoms with E-state index in [1.807, 2.05) is 0 Å². The second-order valence-corrected chi connectivity index (χ2v) is 2.93. The summed E-state index contributed by atoms with van der Waals surface area (Å²) in [6.07, 6.45) is 1.48. The van der Waals surface area contributed by atoms with E-state index in [4.69, 9.17) is 5.73 Å². The summed E-state index contributed by atoms with van der Waals surface area (Å²) < 4.78 is 12.6. The number of nitrogens with two attached hydrogens (primary N) is 1. The van der Waals surface area contributed by atoms with Crippen molar-refractivity contribution in [2.45, 2.75) is 6.54 Å². The molecule has 2 rings (SSSR count). The summed E-state index contributed by atoms with van der Waals surface area (Å²) in [4.78, 5) is 1.46. The van der Waals surface area contributed by atoms with Gasteiger partial charge in [0.15, 0.2) is 5.82 Å². The molecule has 5 heteroatoms. The monoisotopic (exact) mass is 192 g/mol. The SMILES string of the molecule is Nc1cnn(Cc2ccc(F)cc2)n1. The number of aromatic nitrogens is 3. The van der Waals surface area contributed by atoms with E-state index in [2.05, 4.69) is 10.2 Å². The number of hydrogen-bond acceptors (Lipinski definition) is 3. The minimum Gasteiger partial charge on any atom is -0.381 e. The van der Waals surface area contributed by atoms with E-state index in [9.17, 15) is 4.39 Å². The van der Waals surface area contributed by atoms with Gasteiger partial charge in [-0.2, -0.15) is 9.90 Å². The first-order valence-corrected chi connectivity index (χ1v) is 4.14. The van der Waals surface area contributed by atoms with Gasteiger partial charge in [-0.1, -0.05) is 12.1 Å². The van der Waals surface area contributed by atoms with Crippen molar-refractivity contribution in [2.75, 3.05) is 5.73 Å². The maximum atomic E-state index is 12.6. The Morgan fingerprint density at radius 2 is 2.00 bits per heavy atom. The van der Waals surface area contributed by atoms with Crippen LogP contribution in [0.15, 0.2) is 30.5 Å². The minimum atomic E-state index is -0.248. The van der Waals surface area contributed by atoms with Crippen molar-refractivity contribution >= 4 is 5.82 Å². The van der Waals surface area contributed by atoms with Crippen molar-refractivity contribution in [3.8, 4) is 0 Å². The van der Waals surface area contributed by atoms with Crippen molar-refractivity contribution in [3.05, 3.63) is 41.8 Å². The van der Waals surface area contributed by atoms with Crippen LogP contribution in [0.25, 0.3) is 0 Å². The van der Waals surface area contributed by atoms with Crippen LogP contribution in [0.2, 0.25) is 0 Å². The molecular weight excluding hydrogens is 183 g/mol. The third-order valence-corrected chi connectivity index (χ3v) is 1.79. The van der Waals surface area contributed by atoms with Gasteiger partial charge in [0.1, 0.15) is 5.82 Å². The lowest BCUT2D eigenvalue weighted by Gasteiger charge is -1.99. The van der Waals surface area contributed by atoms with Crippen molar-refractivity contribution in [3.63, 3.8) is 0 Å². The van der Waals surface area contributed by atoms with E-state index in [1.54, 1.807) is 12.1 Å². The van der Waals surface area contributed by atoms with Crippen LogP contribution < -0.4 is 5.73 Å². The Bertz CT molecular complexity index is 421. The molecule has 14 heavy (non-hydrogen) atoms. The third-order valence-electron chi connectivity index (χ3n) is 1.79. The van der Waals surface area contributed by atoms with Crippen molar-refractivity contribution < 1.29 is 4.39 Å². The van der Waals surface area contributed by atoms with Gasteiger partial charge in [0, 0.05) is 0 Å². The number of benzene rings is 1. The van der Waals surface area contributed by atoms with Crippen LogP contribution in [0, 0.1) is 5.82 Å². The van der Waals surface area contributed by atoms with Crippen molar-refractivity contribution in [1.29, 1.82) is 0 Å². The second-order valence-electron chi connectivity index (χ2n) is 2.93. The molecule has 72 valence electrons. The van der Waals surface area contributed by atoms with E-state index in [-0.39, 0.29) is 5.82 Å². The predicted molar refractivity (Wildman–Crippen MR) is 49.9 cm³/mol. The molecule has 1 heterocycles. The number of nitrogen functional groups attached to an aromatic ring is 1. The molecule has 0 aliphatic heterocycles. The average Bonchev–Trinajstić information content (AvgIpc) is 2.56.